The zero-order chi connectivity index (χ0) is 11.4. The van der Waals surface area contributed by atoms with Crippen molar-refractivity contribution < 1.29 is 14.6 Å². The Labute approximate surface area is 93.0 Å². The van der Waals surface area contributed by atoms with Crippen LogP contribution >= 0.6 is 0 Å². The first-order chi connectivity index (χ1) is 7.31. The molecular formula is C11H25NO3. The van der Waals surface area contributed by atoms with Gasteiger partial charge in [0.1, 0.15) is 0 Å². The number of unbranched alkanes of at least 4 members (excludes halogenated alkanes) is 2. The Morgan fingerprint density at radius 3 is 2.73 bits per heavy atom. The van der Waals surface area contributed by atoms with Gasteiger partial charge in [-0.2, -0.15) is 0 Å². The molecule has 0 heterocycles. The van der Waals surface area contributed by atoms with Crippen molar-refractivity contribution in [3.8, 4) is 0 Å². The predicted octanol–water partition coefficient (Wildman–Crippen LogP) is 0.790. The molecule has 0 radical (unpaired) electrons. The lowest BCUT2D eigenvalue weighted by Gasteiger charge is -2.11. The number of hydrogen-bond donors (Lipinski definition) is 2. The second-order valence-corrected chi connectivity index (χ2v) is 3.63. The Morgan fingerprint density at radius 1 is 1.27 bits per heavy atom. The second kappa shape index (κ2) is 11.9. The number of aliphatic hydroxyl groups is 1. The van der Waals surface area contributed by atoms with Gasteiger partial charge in [0.25, 0.3) is 0 Å². The molecule has 0 aromatic rings. The maximum atomic E-state index is 9.48. The van der Waals surface area contributed by atoms with Crippen LogP contribution in [0.4, 0.5) is 0 Å². The van der Waals surface area contributed by atoms with Crippen molar-refractivity contribution >= 4 is 0 Å². The summed E-state index contributed by atoms with van der Waals surface area (Å²) in [4.78, 5) is 0. The van der Waals surface area contributed by atoms with Crippen LogP contribution in [0.5, 0.6) is 0 Å². The van der Waals surface area contributed by atoms with E-state index in [1.807, 2.05) is 0 Å². The van der Waals surface area contributed by atoms with Crippen molar-refractivity contribution in [1.29, 1.82) is 0 Å². The maximum Gasteiger partial charge on any atom is 0.0897 e. The first-order valence-corrected chi connectivity index (χ1v) is 5.76. The Hall–Kier alpha value is -0.160. The van der Waals surface area contributed by atoms with Crippen LogP contribution in [0.2, 0.25) is 0 Å². The van der Waals surface area contributed by atoms with Crippen LogP contribution in [0, 0.1) is 0 Å². The highest BCUT2D eigenvalue weighted by atomic mass is 16.5. The van der Waals surface area contributed by atoms with E-state index in [1.165, 1.54) is 19.3 Å². The van der Waals surface area contributed by atoms with Gasteiger partial charge in [0.2, 0.25) is 0 Å². The average molecular weight is 219 g/mol. The molecule has 4 nitrogen and oxygen atoms in total. The third-order valence-corrected chi connectivity index (χ3v) is 2.08. The molecule has 92 valence electrons. The SMILES string of the molecule is CCCCCNCC(O)COCCOC. The lowest BCUT2D eigenvalue weighted by atomic mass is 10.2. The van der Waals surface area contributed by atoms with E-state index in [4.69, 9.17) is 9.47 Å². The highest BCUT2D eigenvalue weighted by molar-refractivity contribution is 4.58. The van der Waals surface area contributed by atoms with Crippen LogP contribution in [0.1, 0.15) is 26.2 Å². The third-order valence-electron chi connectivity index (χ3n) is 2.08. The van der Waals surface area contributed by atoms with E-state index in [0.29, 0.717) is 26.4 Å². The normalized spacial score (nSPS) is 13.0. The quantitative estimate of drug-likeness (QED) is 0.504. The first kappa shape index (κ1) is 14.8. The van der Waals surface area contributed by atoms with Gasteiger partial charge in [-0.05, 0) is 13.0 Å². The van der Waals surface area contributed by atoms with Gasteiger partial charge in [0.15, 0.2) is 0 Å². The Morgan fingerprint density at radius 2 is 2.07 bits per heavy atom. The first-order valence-electron chi connectivity index (χ1n) is 5.76. The van der Waals surface area contributed by atoms with Gasteiger partial charge < -0.3 is 19.9 Å². The van der Waals surface area contributed by atoms with Crippen molar-refractivity contribution in [2.24, 2.45) is 0 Å². The van der Waals surface area contributed by atoms with Crippen molar-refractivity contribution in [1.82, 2.24) is 5.32 Å². The second-order valence-electron chi connectivity index (χ2n) is 3.63. The number of ether oxygens (including phenoxy) is 2. The topological polar surface area (TPSA) is 50.7 Å². The average Bonchev–Trinajstić information content (AvgIpc) is 2.24. The number of rotatable bonds is 11. The van der Waals surface area contributed by atoms with Crippen LogP contribution < -0.4 is 5.32 Å². The summed E-state index contributed by atoms with van der Waals surface area (Å²) >= 11 is 0. The van der Waals surface area contributed by atoms with E-state index in [2.05, 4.69) is 12.2 Å². The van der Waals surface area contributed by atoms with Crippen LogP contribution in [0.25, 0.3) is 0 Å². The van der Waals surface area contributed by atoms with Gasteiger partial charge in [-0.1, -0.05) is 19.8 Å². The minimum Gasteiger partial charge on any atom is -0.389 e. The Kier molecular flexibility index (Phi) is 11.8. The fraction of sp³-hybridized carbons (Fsp3) is 1.00. The monoisotopic (exact) mass is 219 g/mol. The zero-order valence-electron chi connectivity index (χ0n) is 10.00. The van der Waals surface area contributed by atoms with Gasteiger partial charge in [-0.15, -0.1) is 0 Å². The summed E-state index contributed by atoms with van der Waals surface area (Å²) in [5, 5.41) is 12.7. The molecule has 0 aromatic carbocycles. The van der Waals surface area contributed by atoms with Crippen molar-refractivity contribution in [2.45, 2.75) is 32.3 Å². The molecule has 0 aliphatic rings. The summed E-state index contributed by atoms with van der Waals surface area (Å²) in [6, 6.07) is 0. The maximum absolute atomic E-state index is 9.48. The van der Waals surface area contributed by atoms with Crippen molar-refractivity contribution in [3.63, 3.8) is 0 Å². The zero-order valence-corrected chi connectivity index (χ0v) is 10.00. The molecule has 1 atom stereocenters. The largest absolute Gasteiger partial charge is 0.389 e. The van der Waals surface area contributed by atoms with Crippen molar-refractivity contribution in [3.05, 3.63) is 0 Å². The van der Waals surface area contributed by atoms with Gasteiger partial charge in [0, 0.05) is 13.7 Å². The molecule has 0 rings (SSSR count). The van der Waals surface area contributed by atoms with E-state index in [1.54, 1.807) is 7.11 Å². The summed E-state index contributed by atoms with van der Waals surface area (Å²) in [5.41, 5.74) is 0. The molecule has 0 aromatic heterocycles. The van der Waals surface area contributed by atoms with Gasteiger partial charge in [-0.3, -0.25) is 0 Å². The molecule has 0 spiro atoms. The Balaban J connectivity index is 3.08. The van der Waals surface area contributed by atoms with E-state index < -0.39 is 6.10 Å². The van der Waals surface area contributed by atoms with Crippen LogP contribution in [-0.4, -0.2) is 51.2 Å². The van der Waals surface area contributed by atoms with Gasteiger partial charge in [-0.25, -0.2) is 0 Å². The summed E-state index contributed by atoms with van der Waals surface area (Å²) in [5.74, 6) is 0. The summed E-state index contributed by atoms with van der Waals surface area (Å²) in [6.07, 6.45) is 3.23. The molecule has 0 aliphatic carbocycles. The molecule has 2 N–H and O–H groups in total. The molecule has 4 heteroatoms. The van der Waals surface area contributed by atoms with E-state index in [-0.39, 0.29) is 0 Å². The van der Waals surface area contributed by atoms with E-state index in [0.717, 1.165) is 6.54 Å². The highest BCUT2D eigenvalue weighted by Crippen LogP contribution is 1.91. The van der Waals surface area contributed by atoms with Gasteiger partial charge in [0.05, 0.1) is 25.9 Å². The molecular weight excluding hydrogens is 194 g/mol. The van der Waals surface area contributed by atoms with Gasteiger partial charge >= 0.3 is 0 Å². The van der Waals surface area contributed by atoms with Crippen LogP contribution in [-0.2, 0) is 9.47 Å². The molecule has 0 saturated carbocycles. The molecule has 0 amide bonds. The number of nitrogens with one attached hydrogen (secondary N) is 1. The van der Waals surface area contributed by atoms with E-state index in [9.17, 15) is 5.11 Å². The highest BCUT2D eigenvalue weighted by Gasteiger charge is 2.02. The smallest absolute Gasteiger partial charge is 0.0897 e. The molecule has 0 fully saturated rings. The summed E-state index contributed by atoms with van der Waals surface area (Å²) < 4.78 is 10.0. The van der Waals surface area contributed by atoms with Crippen LogP contribution in [0.15, 0.2) is 0 Å². The Bertz CT molecular complexity index is 122. The predicted molar refractivity (Wildman–Crippen MR) is 61.1 cm³/mol. The fourth-order valence-electron chi connectivity index (χ4n) is 1.19. The third kappa shape index (κ3) is 11.8. The van der Waals surface area contributed by atoms with Crippen LogP contribution in [0.3, 0.4) is 0 Å². The fourth-order valence-corrected chi connectivity index (χ4v) is 1.19. The number of aliphatic hydroxyl groups excluding tert-OH is 1. The minimum atomic E-state index is -0.413. The molecule has 0 aliphatic heterocycles. The minimum absolute atomic E-state index is 0.379. The summed E-state index contributed by atoms with van der Waals surface area (Å²) in [6.45, 7) is 5.27. The van der Waals surface area contributed by atoms with Crippen molar-refractivity contribution in [2.75, 3.05) is 40.0 Å². The molecule has 0 saturated heterocycles. The molecule has 0 bridgehead atoms. The van der Waals surface area contributed by atoms with E-state index >= 15 is 0 Å². The lowest BCUT2D eigenvalue weighted by Crippen LogP contribution is -2.31. The molecule has 15 heavy (non-hydrogen) atoms. The lowest BCUT2D eigenvalue weighted by molar-refractivity contribution is 0.0138. The molecule has 1 unspecified atom stereocenters. The standard InChI is InChI=1S/C11H25NO3/c1-3-4-5-6-12-9-11(13)10-15-8-7-14-2/h11-13H,3-10H2,1-2H3. The number of hydrogen-bond acceptors (Lipinski definition) is 4. The summed E-state index contributed by atoms with van der Waals surface area (Å²) in [7, 11) is 1.63. The number of methoxy groups -OCH3 is 1.